The van der Waals surface area contributed by atoms with Gasteiger partial charge in [0.15, 0.2) is 0 Å². The van der Waals surface area contributed by atoms with Crippen molar-refractivity contribution in [1.29, 1.82) is 0 Å². The summed E-state index contributed by atoms with van der Waals surface area (Å²) in [4.78, 5) is 10.2. The predicted molar refractivity (Wildman–Crippen MR) is 43.5 cm³/mol. The van der Waals surface area contributed by atoms with Gasteiger partial charge in [-0.15, -0.1) is 0 Å². The van der Waals surface area contributed by atoms with Crippen molar-refractivity contribution in [2.24, 2.45) is 0 Å². The van der Waals surface area contributed by atoms with E-state index in [0.717, 1.165) is 0 Å². The molecule has 1 aromatic heterocycles. The molecule has 1 heterocycles. The number of alkyl halides is 1. The number of hydrogen-bond donors (Lipinski definition) is 1. The van der Waals surface area contributed by atoms with Crippen LogP contribution in [0.4, 0.5) is 4.39 Å². The average molecular weight is 239 g/mol. The van der Waals surface area contributed by atoms with E-state index in [2.05, 4.69) is 15.9 Å². The van der Waals surface area contributed by atoms with Crippen molar-refractivity contribution in [2.75, 3.05) is 0 Å². The molecule has 11 heavy (non-hydrogen) atoms. The molecule has 1 aromatic rings. The summed E-state index contributed by atoms with van der Waals surface area (Å²) >= 11 is 4.30. The van der Waals surface area contributed by atoms with Crippen LogP contribution >= 0.6 is 27.3 Å². The van der Waals surface area contributed by atoms with Crippen molar-refractivity contribution >= 4 is 33.2 Å². The summed E-state index contributed by atoms with van der Waals surface area (Å²) < 4.78 is 13.2. The second-order valence-corrected chi connectivity index (χ2v) is 3.47. The summed E-state index contributed by atoms with van der Waals surface area (Å²) in [5.41, 5.74) is 0.183. The Hall–Kier alpha value is -0.420. The Morgan fingerprint density at radius 1 is 1.73 bits per heavy atom. The van der Waals surface area contributed by atoms with E-state index in [-0.39, 0.29) is 5.56 Å². The lowest BCUT2D eigenvalue weighted by atomic mass is 10.2. The molecule has 1 atom stereocenters. The molecular formula is C6H4BrFO2S. The quantitative estimate of drug-likeness (QED) is 0.861. The summed E-state index contributed by atoms with van der Waals surface area (Å²) in [6, 6.07) is 0. The van der Waals surface area contributed by atoms with Gasteiger partial charge in [0, 0.05) is 15.4 Å². The standard InChI is InChI=1S/C6H4BrFO2S/c7-4-2-11-1-3(4)5(8)6(9)10/h1-2,5H,(H,9,10). The highest BCUT2D eigenvalue weighted by atomic mass is 79.9. The molecule has 0 fully saturated rings. The van der Waals surface area contributed by atoms with Crippen LogP contribution in [0.5, 0.6) is 0 Å². The van der Waals surface area contributed by atoms with Crippen molar-refractivity contribution < 1.29 is 14.3 Å². The van der Waals surface area contributed by atoms with Gasteiger partial charge >= 0.3 is 5.97 Å². The summed E-state index contributed by atoms with van der Waals surface area (Å²) in [6.45, 7) is 0. The average Bonchev–Trinajstić information content (AvgIpc) is 2.33. The van der Waals surface area contributed by atoms with Crippen molar-refractivity contribution in [3.8, 4) is 0 Å². The number of rotatable bonds is 2. The molecule has 0 bridgehead atoms. The maximum Gasteiger partial charge on any atom is 0.343 e. The summed E-state index contributed by atoms with van der Waals surface area (Å²) in [6.07, 6.45) is -1.92. The molecule has 1 unspecified atom stereocenters. The number of carboxylic acids is 1. The number of carbonyl (C=O) groups is 1. The number of carboxylic acid groups (broad SMARTS) is 1. The highest BCUT2D eigenvalue weighted by molar-refractivity contribution is 9.10. The molecule has 1 rings (SSSR count). The lowest BCUT2D eigenvalue weighted by molar-refractivity contribution is -0.143. The van der Waals surface area contributed by atoms with Gasteiger partial charge in [0.25, 0.3) is 0 Å². The lowest BCUT2D eigenvalue weighted by Gasteiger charge is -1.99. The minimum atomic E-state index is -1.92. The zero-order chi connectivity index (χ0) is 8.43. The van der Waals surface area contributed by atoms with Gasteiger partial charge in [-0.25, -0.2) is 9.18 Å². The topological polar surface area (TPSA) is 37.3 Å². The third kappa shape index (κ3) is 1.78. The van der Waals surface area contributed by atoms with Gasteiger partial charge in [-0.3, -0.25) is 0 Å². The molecular weight excluding hydrogens is 235 g/mol. The largest absolute Gasteiger partial charge is 0.479 e. The van der Waals surface area contributed by atoms with E-state index < -0.39 is 12.1 Å². The van der Waals surface area contributed by atoms with Crippen LogP contribution in [0.15, 0.2) is 15.2 Å². The van der Waals surface area contributed by atoms with Crippen molar-refractivity contribution in [2.45, 2.75) is 6.17 Å². The predicted octanol–water partition coefficient (Wildman–Crippen LogP) is 2.61. The van der Waals surface area contributed by atoms with Gasteiger partial charge in [0.05, 0.1) is 0 Å². The monoisotopic (exact) mass is 238 g/mol. The Labute approximate surface area is 74.8 Å². The van der Waals surface area contributed by atoms with Gasteiger partial charge in [-0.05, 0) is 21.3 Å². The van der Waals surface area contributed by atoms with Crippen LogP contribution in [0.25, 0.3) is 0 Å². The second-order valence-electron chi connectivity index (χ2n) is 1.88. The third-order valence-electron chi connectivity index (χ3n) is 1.13. The molecule has 0 saturated carbocycles. The molecule has 5 heteroatoms. The van der Waals surface area contributed by atoms with Crippen LogP contribution in [0, 0.1) is 0 Å². The van der Waals surface area contributed by atoms with E-state index in [1.807, 2.05) is 0 Å². The molecule has 0 aliphatic heterocycles. The first-order valence-corrected chi connectivity index (χ1v) is 4.45. The van der Waals surface area contributed by atoms with Gasteiger partial charge in [-0.2, -0.15) is 11.3 Å². The third-order valence-corrected chi connectivity index (χ3v) is 2.88. The number of halogens is 2. The first kappa shape index (κ1) is 8.67. The number of thiophene rings is 1. The molecule has 0 aliphatic rings. The van der Waals surface area contributed by atoms with E-state index in [9.17, 15) is 9.18 Å². The molecule has 1 N–H and O–H groups in total. The van der Waals surface area contributed by atoms with Crippen molar-refractivity contribution in [3.63, 3.8) is 0 Å². The van der Waals surface area contributed by atoms with Gasteiger partial charge in [0.1, 0.15) is 0 Å². The van der Waals surface area contributed by atoms with Gasteiger partial charge in [-0.1, -0.05) is 0 Å². The van der Waals surface area contributed by atoms with Crippen LogP contribution in [0.3, 0.4) is 0 Å². The second kappa shape index (κ2) is 3.32. The Kier molecular flexibility index (Phi) is 2.62. The summed E-state index contributed by atoms with van der Waals surface area (Å²) in [5, 5.41) is 11.4. The molecule has 0 aliphatic carbocycles. The van der Waals surface area contributed by atoms with E-state index in [4.69, 9.17) is 5.11 Å². The van der Waals surface area contributed by atoms with Crippen molar-refractivity contribution in [3.05, 3.63) is 20.8 Å². The lowest BCUT2D eigenvalue weighted by Crippen LogP contribution is -2.04. The van der Waals surface area contributed by atoms with E-state index in [0.29, 0.717) is 4.47 Å². The maximum atomic E-state index is 12.7. The maximum absolute atomic E-state index is 12.7. The summed E-state index contributed by atoms with van der Waals surface area (Å²) in [5.74, 6) is -1.45. The molecule has 0 aromatic carbocycles. The van der Waals surface area contributed by atoms with Crippen molar-refractivity contribution in [1.82, 2.24) is 0 Å². The van der Waals surface area contributed by atoms with Gasteiger partial charge < -0.3 is 5.11 Å². The van der Waals surface area contributed by atoms with Crippen LogP contribution < -0.4 is 0 Å². The van der Waals surface area contributed by atoms with E-state index >= 15 is 0 Å². The SMILES string of the molecule is O=C(O)C(F)c1cscc1Br. The molecule has 2 nitrogen and oxygen atoms in total. The smallest absolute Gasteiger partial charge is 0.343 e. The fourth-order valence-electron chi connectivity index (χ4n) is 0.605. The van der Waals surface area contributed by atoms with E-state index in [1.165, 1.54) is 16.7 Å². The van der Waals surface area contributed by atoms with Gasteiger partial charge in [0.2, 0.25) is 6.17 Å². The molecule has 0 spiro atoms. The molecule has 0 amide bonds. The van der Waals surface area contributed by atoms with Crippen LogP contribution in [0.2, 0.25) is 0 Å². The van der Waals surface area contributed by atoms with Crippen LogP contribution in [0.1, 0.15) is 11.7 Å². The van der Waals surface area contributed by atoms with E-state index in [1.54, 1.807) is 5.38 Å². The first-order chi connectivity index (χ1) is 5.13. The molecule has 0 radical (unpaired) electrons. The summed E-state index contributed by atoms with van der Waals surface area (Å²) in [7, 11) is 0. The Morgan fingerprint density at radius 3 is 2.73 bits per heavy atom. The zero-order valence-electron chi connectivity index (χ0n) is 5.25. The molecule has 60 valence electrons. The number of aliphatic carboxylic acids is 1. The zero-order valence-corrected chi connectivity index (χ0v) is 7.65. The van der Waals surface area contributed by atoms with Crippen LogP contribution in [-0.4, -0.2) is 11.1 Å². The Morgan fingerprint density at radius 2 is 2.36 bits per heavy atom. The minimum Gasteiger partial charge on any atom is -0.479 e. The number of hydrogen-bond acceptors (Lipinski definition) is 2. The normalized spacial score (nSPS) is 12.9. The Bertz CT molecular complexity index is 273. The first-order valence-electron chi connectivity index (χ1n) is 2.71. The Balaban J connectivity index is 2.92. The highest BCUT2D eigenvalue weighted by Gasteiger charge is 2.21. The minimum absolute atomic E-state index is 0.183. The fraction of sp³-hybridized carbons (Fsp3) is 0.167. The highest BCUT2D eigenvalue weighted by Crippen LogP contribution is 2.29. The fourth-order valence-corrected chi connectivity index (χ4v) is 2.11. The molecule has 0 saturated heterocycles. The van der Waals surface area contributed by atoms with Crippen LogP contribution in [-0.2, 0) is 4.79 Å².